The standard InChI is InChI=1S/C17H18N4O3/c22-15-2-1-13(11-19-15)16(23)20-14-5-9-21(10-6-14)17(24)12-3-7-18-8-4-12/h1-4,7-8,11,14H,5-6,9-10H2,(H,19,22)(H,20,23). The lowest BCUT2D eigenvalue weighted by Crippen LogP contribution is -2.46. The van der Waals surface area contributed by atoms with Crippen molar-refractivity contribution in [2.45, 2.75) is 18.9 Å². The Hall–Kier alpha value is -2.96. The van der Waals surface area contributed by atoms with Gasteiger partial charge >= 0.3 is 0 Å². The second kappa shape index (κ2) is 7.08. The van der Waals surface area contributed by atoms with E-state index in [-0.39, 0.29) is 23.4 Å². The topological polar surface area (TPSA) is 95.2 Å². The Bertz CT molecular complexity index is 759. The van der Waals surface area contributed by atoms with Crippen molar-refractivity contribution >= 4 is 11.8 Å². The van der Waals surface area contributed by atoms with E-state index >= 15 is 0 Å². The van der Waals surface area contributed by atoms with Gasteiger partial charge in [0.1, 0.15) is 0 Å². The van der Waals surface area contributed by atoms with Gasteiger partial charge in [-0.2, -0.15) is 0 Å². The van der Waals surface area contributed by atoms with E-state index in [0.717, 1.165) is 0 Å². The number of aromatic nitrogens is 2. The Balaban J connectivity index is 1.53. The molecule has 2 aromatic heterocycles. The summed E-state index contributed by atoms with van der Waals surface area (Å²) in [4.78, 5) is 43.7. The van der Waals surface area contributed by atoms with Crippen molar-refractivity contribution in [3.63, 3.8) is 0 Å². The molecule has 0 radical (unpaired) electrons. The highest BCUT2D eigenvalue weighted by Gasteiger charge is 2.24. The Labute approximate surface area is 138 Å². The number of nitrogens with zero attached hydrogens (tertiary/aromatic N) is 2. The van der Waals surface area contributed by atoms with Gasteiger partial charge in [0.25, 0.3) is 11.8 Å². The average Bonchev–Trinajstić information content (AvgIpc) is 2.63. The summed E-state index contributed by atoms with van der Waals surface area (Å²) in [5, 5.41) is 2.94. The molecule has 0 saturated carbocycles. The third kappa shape index (κ3) is 3.68. The van der Waals surface area contributed by atoms with Crippen LogP contribution >= 0.6 is 0 Å². The second-order valence-corrected chi connectivity index (χ2v) is 5.72. The molecule has 1 aliphatic rings. The van der Waals surface area contributed by atoms with Crippen LogP contribution in [-0.2, 0) is 0 Å². The molecule has 2 aromatic rings. The Morgan fingerprint density at radius 1 is 1.08 bits per heavy atom. The zero-order chi connectivity index (χ0) is 16.9. The van der Waals surface area contributed by atoms with Crippen LogP contribution in [0.25, 0.3) is 0 Å². The summed E-state index contributed by atoms with van der Waals surface area (Å²) in [6, 6.07) is 6.24. The van der Waals surface area contributed by atoms with E-state index in [1.807, 2.05) is 0 Å². The molecule has 2 N–H and O–H groups in total. The van der Waals surface area contributed by atoms with Crippen LogP contribution in [0.2, 0.25) is 0 Å². The van der Waals surface area contributed by atoms with Crippen LogP contribution in [0.1, 0.15) is 33.6 Å². The second-order valence-electron chi connectivity index (χ2n) is 5.72. The number of pyridine rings is 2. The number of carbonyl (C=O) groups is 2. The molecule has 3 heterocycles. The molecule has 7 nitrogen and oxygen atoms in total. The molecule has 0 bridgehead atoms. The quantitative estimate of drug-likeness (QED) is 0.872. The molecule has 7 heteroatoms. The minimum Gasteiger partial charge on any atom is -0.349 e. The van der Waals surface area contributed by atoms with Crippen molar-refractivity contribution in [3.8, 4) is 0 Å². The van der Waals surface area contributed by atoms with E-state index in [2.05, 4.69) is 15.3 Å². The molecule has 0 spiro atoms. The van der Waals surface area contributed by atoms with Crippen molar-refractivity contribution in [2.75, 3.05) is 13.1 Å². The van der Waals surface area contributed by atoms with Gasteiger partial charge in [-0.25, -0.2) is 0 Å². The molecule has 0 aromatic carbocycles. The minimum atomic E-state index is -0.241. The van der Waals surface area contributed by atoms with Crippen molar-refractivity contribution in [1.82, 2.24) is 20.2 Å². The lowest BCUT2D eigenvalue weighted by molar-refractivity contribution is 0.0698. The zero-order valence-electron chi connectivity index (χ0n) is 13.1. The maximum absolute atomic E-state index is 12.4. The van der Waals surface area contributed by atoms with Gasteiger partial charge in [-0.3, -0.25) is 19.4 Å². The van der Waals surface area contributed by atoms with Crippen LogP contribution in [0.5, 0.6) is 0 Å². The Kier molecular flexibility index (Phi) is 4.69. The fourth-order valence-corrected chi connectivity index (χ4v) is 2.72. The van der Waals surface area contributed by atoms with Crippen molar-refractivity contribution in [1.29, 1.82) is 0 Å². The van der Waals surface area contributed by atoms with Gasteiger partial charge in [-0.15, -0.1) is 0 Å². The van der Waals surface area contributed by atoms with Gasteiger partial charge in [0.05, 0.1) is 5.56 Å². The summed E-state index contributed by atoms with van der Waals surface area (Å²) in [7, 11) is 0. The van der Waals surface area contributed by atoms with Crippen LogP contribution < -0.4 is 10.9 Å². The van der Waals surface area contributed by atoms with E-state index in [4.69, 9.17) is 0 Å². The first kappa shape index (κ1) is 15.9. The first-order chi connectivity index (χ1) is 11.6. The Morgan fingerprint density at radius 3 is 2.42 bits per heavy atom. The van der Waals surface area contributed by atoms with Gasteiger partial charge in [0, 0.05) is 49.4 Å². The molecule has 24 heavy (non-hydrogen) atoms. The fraction of sp³-hybridized carbons (Fsp3) is 0.294. The smallest absolute Gasteiger partial charge is 0.253 e. The van der Waals surface area contributed by atoms with E-state index in [9.17, 15) is 14.4 Å². The van der Waals surface area contributed by atoms with Gasteiger partial charge in [0.2, 0.25) is 5.56 Å². The number of nitrogens with one attached hydrogen (secondary N) is 2. The zero-order valence-corrected chi connectivity index (χ0v) is 13.1. The molecule has 0 unspecified atom stereocenters. The predicted octanol–water partition coefficient (Wildman–Crippen LogP) is 0.804. The van der Waals surface area contributed by atoms with Crippen molar-refractivity contribution in [3.05, 3.63) is 64.3 Å². The number of carbonyl (C=O) groups excluding carboxylic acids is 2. The third-order valence-electron chi connectivity index (χ3n) is 4.09. The summed E-state index contributed by atoms with van der Waals surface area (Å²) in [5.41, 5.74) is 0.806. The summed E-state index contributed by atoms with van der Waals surface area (Å²) >= 11 is 0. The van der Waals surface area contributed by atoms with Crippen LogP contribution in [0.4, 0.5) is 0 Å². The van der Waals surface area contributed by atoms with E-state index in [1.54, 1.807) is 29.4 Å². The molecule has 124 valence electrons. The Morgan fingerprint density at radius 2 is 1.79 bits per heavy atom. The van der Waals surface area contributed by atoms with Crippen LogP contribution in [0.15, 0.2) is 47.7 Å². The molecule has 1 aliphatic heterocycles. The maximum atomic E-state index is 12.4. The monoisotopic (exact) mass is 326 g/mol. The molecule has 0 atom stereocenters. The maximum Gasteiger partial charge on any atom is 0.253 e. The lowest BCUT2D eigenvalue weighted by atomic mass is 10.0. The van der Waals surface area contributed by atoms with Crippen LogP contribution in [0, 0.1) is 0 Å². The molecule has 1 saturated heterocycles. The summed E-state index contributed by atoms with van der Waals surface area (Å²) < 4.78 is 0. The number of rotatable bonds is 3. The van der Waals surface area contributed by atoms with Gasteiger partial charge in [-0.1, -0.05) is 0 Å². The lowest BCUT2D eigenvalue weighted by Gasteiger charge is -2.32. The highest BCUT2D eigenvalue weighted by Crippen LogP contribution is 2.14. The number of piperidine rings is 1. The highest BCUT2D eigenvalue weighted by atomic mass is 16.2. The van der Waals surface area contributed by atoms with Crippen LogP contribution in [-0.4, -0.2) is 45.8 Å². The highest BCUT2D eigenvalue weighted by molar-refractivity contribution is 5.95. The fourth-order valence-electron chi connectivity index (χ4n) is 2.72. The summed E-state index contributed by atoms with van der Waals surface area (Å²) in [5.74, 6) is -0.229. The molecule has 0 aliphatic carbocycles. The number of amides is 2. The van der Waals surface area contributed by atoms with E-state index in [1.165, 1.54) is 18.3 Å². The number of H-pyrrole nitrogens is 1. The number of likely N-dealkylation sites (tertiary alicyclic amines) is 1. The molecule has 3 rings (SSSR count). The molecular formula is C17H18N4O3. The number of hydrogen-bond donors (Lipinski definition) is 2. The van der Waals surface area contributed by atoms with Crippen molar-refractivity contribution < 1.29 is 9.59 Å². The van der Waals surface area contributed by atoms with Gasteiger partial charge < -0.3 is 15.2 Å². The minimum absolute atomic E-state index is 0.0113. The van der Waals surface area contributed by atoms with E-state index in [0.29, 0.717) is 37.1 Å². The van der Waals surface area contributed by atoms with Gasteiger partial charge in [-0.05, 0) is 31.0 Å². The molecule has 1 fully saturated rings. The predicted molar refractivity (Wildman–Crippen MR) is 87.7 cm³/mol. The first-order valence-electron chi connectivity index (χ1n) is 7.82. The average molecular weight is 326 g/mol. The normalized spacial score (nSPS) is 15.1. The summed E-state index contributed by atoms with van der Waals surface area (Å²) in [6.45, 7) is 1.19. The van der Waals surface area contributed by atoms with Crippen molar-refractivity contribution in [2.24, 2.45) is 0 Å². The molecular weight excluding hydrogens is 308 g/mol. The SMILES string of the molecule is O=C(NC1CCN(C(=O)c2ccncc2)CC1)c1ccc(=O)[nH]c1. The largest absolute Gasteiger partial charge is 0.349 e. The third-order valence-corrected chi connectivity index (χ3v) is 4.09. The molecule has 2 amide bonds. The summed E-state index contributed by atoms with van der Waals surface area (Å²) in [6.07, 6.45) is 6.01. The van der Waals surface area contributed by atoms with E-state index < -0.39 is 0 Å². The number of hydrogen-bond acceptors (Lipinski definition) is 4. The first-order valence-corrected chi connectivity index (χ1v) is 7.82. The van der Waals surface area contributed by atoms with Crippen LogP contribution in [0.3, 0.4) is 0 Å². The number of aromatic amines is 1. The van der Waals surface area contributed by atoms with Gasteiger partial charge in [0.15, 0.2) is 0 Å².